The van der Waals surface area contributed by atoms with Crippen molar-refractivity contribution in [1.29, 1.82) is 0 Å². The summed E-state index contributed by atoms with van der Waals surface area (Å²) in [7, 11) is 0. The zero-order chi connectivity index (χ0) is 18.6. The third-order valence-corrected chi connectivity index (χ3v) is 4.53. The maximum atomic E-state index is 13.1. The lowest BCUT2D eigenvalue weighted by atomic mass is 10.0. The molecule has 0 bridgehead atoms. The van der Waals surface area contributed by atoms with Crippen molar-refractivity contribution < 1.29 is 9.18 Å². The monoisotopic (exact) mass is 366 g/mol. The van der Waals surface area contributed by atoms with Crippen LogP contribution in [0.25, 0.3) is 5.82 Å². The van der Waals surface area contributed by atoms with Gasteiger partial charge in [0.15, 0.2) is 5.82 Å². The predicted molar refractivity (Wildman–Crippen MR) is 97.0 cm³/mol. The molecule has 7 nitrogen and oxygen atoms in total. The van der Waals surface area contributed by atoms with Gasteiger partial charge in [-0.25, -0.2) is 24.9 Å². The number of hydrazine groups is 1. The molecule has 2 atom stereocenters. The number of amides is 1. The van der Waals surface area contributed by atoms with Crippen molar-refractivity contribution in [2.45, 2.75) is 25.0 Å². The first-order chi connectivity index (χ1) is 13.2. The number of carbonyl (C=O) groups is 1. The Balaban J connectivity index is 1.37. The summed E-state index contributed by atoms with van der Waals surface area (Å²) in [4.78, 5) is 16.9. The molecule has 1 fully saturated rings. The summed E-state index contributed by atoms with van der Waals surface area (Å²) in [5, 5.41) is 7.14. The van der Waals surface area contributed by atoms with Gasteiger partial charge in [0, 0.05) is 36.7 Å². The number of nitrogens with one attached hydrogen (secondary N) is 3. The molecule has 1 aliphatic heterocycles. The molecule has 1 aromatic carbocycles. The SMILES string of the molecule is O=C(NCc1cccnc1-n1cccn1)C1CC(c2ccc(F)cc2)NN1. The standard InChI is InChI=1S/C19H19FN6O/c20-15-6-4-13(5-7-15)16-11-17(25-24-16)19(27)22-12-14-3-1-8-21-18(14)26-10-2-9-23-26/h1-10,16-17,24-25H,11-12H2,(H,22,27). The van der Waals surface area contributed by atoms with Crippen LogP contribution in [0.4, 0.5) is 4.39 Å². The second kappa shape index (κ2) is 7.65. The number of halogens is 1. The average Bonchev–Trinajstić information content (AvgIpc) is 3.39. The highest BCUT2D eigenvalue weighted by atomic mass is 19.1. The van der Waals surface area contributed by atoms with E-state index in [0.717, 1.165) is 11.1 Å². The van der Waals surface area contributed by atoms with E-state index >= 15 is 0 Å². The zero-order valence-electron chi connectivity index (χ0n) is 14.5. The first-order valence-corrected chi connectivity index (χ1v) is 8.69. The van der Waals surface area contributed by atoms with Crippen LogP contribution in [0.5, 0.6) is 0 Å². The van der Waals surface area contributed by atoms with Crippen molar-refractivity contribution in [2.75, 3.05) is 0 Å². The number of hydrogen-bond donors (Lipinski definition) is 3. The maximum absolute atomic E-state index is 13.1. The van der Waals surface area contributed by atoms with Crippen LogP contribution in [0.3, 0.4) is 0 Å². The molecule has 0 spiro atoms. The second-order valence-electron chi connectivity index (χ2n) is 6.34. The van der Waals surface area contributed by atoms with Crippen molar-refractivity contribution in [1.82, 2.24) is 30.9 Å². The van der Waals surface area contributed by atoms with Gasteiger partial charge >= 0.3 is 0 Å². The second-order valence-corrected chi connectivity index (χ2v) is 6.34. The molecule has 0 radical (unpaired) electrons. The fourth-order valence-electron chi connectivity index (χ4n) is 3.12. The summed E-state index contributed by atoms with van der Waals surface area (Å²) in [5.41, 5.74) is 7.91. The highest BCUT2D eigenvalue weighted by molar-refractivity contribution is 5.82. The van der Waals surface area contributed by atoms with Crippen LogP contribution in [0.1, 0.15) is 23.6 Å². The molecule has 0 saturated carbocycles. The van der Waals surface area contributed by atoms with Gasteiger partial charge < -0.3 is 5.32 Å². The zero-order valence-corrected chi connectivity index (χ0v) is 14.5. The molecule has 1 saturated heterocycles. The predicted octanol–water partition coefficient (Wildman–Crippen LogP) is 1.63. The van der Waals surface area contributed by atoms with E-state index in [4.69, 9.17) is 0 Å². The van der Waals surface area contributed by atoms with Crippen LogP contribution in [-0.2, 0) is 11.3 Å². The van der Waals surface area contributed by atoms with Crippen LogP contribution >= 0.6 is 0 Å². The lowest BCUT2D eigenvalue weighted by molar-refractivity contribution is -0.123. The van der Waals surface area contributed by atoms with Gasteiger partial charge in [0.25, 0.3) is 0 Å². The molecule has 2 aromatic heterocycles. The fourth-order valence-corrected chi connectivity index (χ4v) is 3.12. The molecule has 138 valence electrons. The number of carbonyl (C=O) groups excluding carboxylic acids is 1. The van der Waals surface area contributed by atoms with Gasteiger partial charge in [0.2, 0.25) is 5.91 Å². The Kier molecular flexibility index (Phi) is 4.91. The molecule has 3 N–H and O–H groups in total. The minimum atomic E-state index is -0.370. The van der Waals surface area contributed by atoms with E-state index in [2.05, 4.69) is 26.3 Å². The van der Waals surface area contributed by atoms with Gasteiger partial charge in [0.1, 0.15) is 11.9 Å². The molecule has 2 unspecified atom stereocenters. The van der Waals surface area contributed by atoms with Crippen molar-refractivity contribution >= 4 is 5.91 Å². The number of benzene rings is 1. The minimum Gasteiger partial charge on any atom is -0.350 e. The quantitative estimate of drug-likeness (QED) is 0.639. The number of hydrogen-bond acceptors (Lipinski definition) is 5. The summed E-state index contributed by atoms with van der Waals surface area (Å²) in [6, 6.07) is 11.4. The Morgan fingerprint density at radius 1 is 1.19 bits per heavy atom. The van der Waals surface area contributed by atoms with Crippen LogP contribution in [0, 0.1) is 5.82 Å². The number of pyridine rings is 1. The average molecular weight is 366 g/mol. The molecule has 1 amide bonds. The summed E-state index contributed by atoms with van der Waals surface area (Å²) in [5.74, 6) is 0.301. The number of aromatic nitrogens is 3. The molecule has 3 heterocycles. The van der Waals surface area contributed by atoms with E-state index in [1.165, 1.54) is 12.1 Å². The maximum Gasteiger partial charge on any atom is 0.238 e. The van der Waals surface area contributed by atoms with Gasteiger partial charge in [0.05, 0.1) is 0 Å². The fraction of sp³-hybridized carbons (Fsp3) is 0.211. The van der Waals surface area contributed by atoms with Crippen LogP contribution in [0.15, 0.2) is 61.1 Å². The summed E-state index contributed by atoms with van der Waals surface area (Å²) in [6.45, 7) is 0.348. The molecule has 1 aliphatic rings. The normalized spacial score (nSPS) is 19.1. The molecular formula is C19H19FN6O. The molecule has 4 rings (SSSR count). The summed E-state index contributed by atoms with van der Waals surface area (Å²) in [6.07, 6.45) is 5.76. The van der Waals surface area contributed by atoms with Crippen molar-refractivity contribution in [3.63, 3.8) is 0 Å². The van der Waals surface area contributed by atoms with Gasteiger partial charge in [-0.15, -0.1) is 0 Å². The van der Waals surface area contributed by atoms with Gasteiger partial charge in [-0.3, -0.25) is 4.79 Å². The van der Waals surface area contributed by atoms with Crippen molar-refractivity contribution in [2.24, 2.45) is 0 Å². The Morgan fingerprint density at radius 2 is 2.04 bits per heavy atom. The van der Waals surface area contributed by atoms with Gasteiger partial charge in [-0.2, -0.15) is 5.10 Å². The first-order valence-electron chi connectivity index (χ1n) is 8.69. The molecule has 8 heteroatoms. The van der Waals surface area contributed by atoms with Crippen molar-refractivity contribution in [3.8, 4) is 5.82 Å². The summed E-state index contributed by atoms with van der Waals surface area (Å²) >= 11 is 0. The van der Waals surface area contributed by atoms with E-state index in [1.807, 2.05) is 24.4 Å². The highest BCUT2D eigenvalue weighted by Gasteiger charge is 2.30. The van der Waals surface area contributed by atoms with Crippen LogP contribution in [0.2, 0.25) is 0 Å². The third kappa shape index (κ3) is 3.86. The Bertz CT molecular complexity index is 912. The van der Waals surface area contributed by atoms with E-state index in [9.17, 15) is 9.18 Å². The first kappa shape index (κ1) is 17.3. The molecule has 3 aromatic rings. The lowest BCUT2D eigenvalue weighted by Crippen LogP contribution is -2.43. The van der Waals surface area contributed by atoms with Gasteiger partial charge in [-0.05, 0) is 36.2 Å². The van der Waals surface area contributed by atoms with E-state index < -0.39 is 0 Å². The Hall–Kier alpha value is -3.10. The molecular weight excluding hydrogens is 347 g/mol. The molecule has 0 aliphatic carbocycles. The van der Waals surface area contributed by atoms with Crippen molar-refractivity contribution in [3.05, 3.63) is 78.0 Å². The van der Waals surface area contributed by atoms with Crippen LogP contribution < -0.4 is 16.2 Å². The number of nitrogens with zero attached hydrogens (tertiary/aromatic N) is 3. The minimum absolute atomic E-state index is 0.0422. The smallest absolute Gasteiger partial charge is 0.238 e. The third-order valence-electron chi connectivity index (χ3n) is 4.53. The largest absolute Gasteiger partial charge is 0.350 e. The summed E-state index contributed by atoms with van der Waals surface area (Å²) < 4.78 is 14.7. The highest BCUT2D eigenvalue weighted by Crippen LogP contribution is 2.22. The van der Waals surface area contributed by atoms with E-state index in [1.54, 1.807) is 29.2 Å². The Morgan fingerprint density at radius 3 is 2.81 bits per heavy atom. The Labute approximate surface area is 155 Å². The van der Waals surface area contributed by atoms with E-state index in [-0.39, 0.29) is 23.8 Å². The van der Waals surface area contributed by atoms with Gasteiger partial charge in [-0.1, -0.05) is 18.2 Å². The topological polar surface area (TPSA) is 83.9 Å². The van der Waals surface area contributed by atoms with E-state index in [0.29, 0.717) is 18.8 Å². The van der Waals surface area contributed by atoms with Crippen LogP contribution in [-0.4, -0.2) is 26.7 Å². The lowest BCUT2D eigenvalue weighted by Gasteiger charge is -2.13. The number of rotatable bonds is 5. The molecule has 27 heavy (non-hydrogen) atoms.